The number of hydrogen-bond acceptors (Lipinski definition) is 3. The first kappa shape index (κ1) is 21.3. The SMILES string of the molecule is CC(=O)OCC=C(C)C(O)C#CC(C)=CCC1=C(C)CCCC1(C)C. The topological polar surface area (TPSA) is 46.5 Å². The zero-order valence-corrected chi connectivity index (χ0v) is 16.5. The Morgan fingerprint density at radius 2 is 2.00 bits per heavy atom. The lowest BCUT2D eigenvalue weighted by molar-refractivity contribution is -0.139. The Balaban J connectivity index is 2.69. The first-order valence-corrected chi connectivity index (χ1v) is 8.99. The molecule has 3 heteroatoms. The number of aliphatic hydroxyl groups excluding tert-OH is 1. The molecular weight excluding hydrogens is 312 g/mol. The minimum absolute atomic E-state index is 0.164. The van der Waals surface area contributed by atoms with Crippen LogP contribution in [0.3, 0.4) is 0 Å². The molecule has 0 saturated carbocycles. The van der Waals surface area contributed by atoms with Crippen molar-refractivity contribution in [3.8, 4) is 11.8 Å². The Kier molecular flexibility index (Phi) is 8.19. The third-order valence-electron chi connectivity index (χ3n) is 4.83. The Bertz CT molecular complexity index is 636. The number of rotatable bonds is 5. The second-order valence-electron chi connectivity index (χ2n) is 7.51. The summed E-state index contributed by atoms with van der Waals surface area (Å²) in [6.45, 7) is 12.2. The maximum absolute atomic E-state index is 10.7. The van der Waals surface area contributed by atoms with Crippen LogP contribution >= 0.6 is 0 Å². The quantitative estimate of drug-likeness (QED) is 0.446. The van der Waals surface area contributed by atoms with Crippen molar-refractivity contribution in [2.75, 3.05) is 6.61 Å². The highest BCUT2D eigenvalue weighted by atomic mass is 16.5. The van der Waals surface area contributed by atoms with Crippen LogP contribution in [0.4, 0.5) is 0 Å². The highest BCUT2D eigenvalue weighted by molar-refractivity contribution is 5.66. The average Bonchev–Trinajstić information content (AvgIpc) is 2.50. The second-order valence-corrected chi connectivity index (χ2v) is 7.51. The van der Waals surface area contributed by atoms with E-state index in [0.29, 0.717) is 5.57 Å². The summed E-state index contributed by atoms with van der Waals surface area (Å²) in [6.07, 6.45) is 7.63. The van der Waals surface area contributed by atoms with E-state index in [1.807, 2.05) is 6.92 Å². The molecule has 0 heterocycles. The van der Waals surface area contributed by atoms with Crippen molar-refractivity contribution in [3.05, 3.63) is 34.4 Å². The molecule has 0 saturated heterocycles. The van der Waals surface area contributed by atoms with Crippen LogP contribution in [-0.4, -0.2) is 23.8 Å². The van der Waals surface area contributed by atoms with Crippen molar-refractivity contribution in [2.45, 2.75) is 73.3 Å². The van der Waals surface area contributed by atoms with Crippen LogP contribution in [0.5, 0.6) is 0 Å². The molecule has 0 aromatic heterocycles. The van der Waals surface area contributed by atoms with Crippen LogP contribution in [0.25, 0.3) is 0 Å². The molecule has 0 spiro atoms. The van der Waals surface area contributed by atoms with E-state index in [9.17, 15) is 9.90 Å². The first-order chi connectivity index (χ1) is 11.6. The molecular formula is C22H32O3. The van der Waals surface area contributed by atoms with Crippen LogP contribution in [0.15, 0.2) is 34.4 Å². The summed E-state index contributed by atoms with van der Waals surface area (Å²) in [6, 6.07) is 0. The largest absolute Gasteiger partial charge is 0.462 e. The van der Waals surface area contributed by atoms with E-state index in [4.69, 9.17) is 4.74 Å². The summed E-state index contributed by atoms with van der Waals surface area (Å²) < 4.78 is 4.83. The number of allylic oxidation sites excluding steroid dienone is 4. The standard InChI is InChI=1S/C22H32O3/c1-16(9-11-20-17(2)8-7-14-22(20,5)6)10-12-21(24)18(3)13-15-25-19(4)23/h9,13,21,24H,7-8,11,14-15H2,1-6H3. The van der Waals surface area contributed by atoms with Gasteiger partial charge in [-0.05, 0) is 69.1 Å². The number of ether oxygens (including phenoxy) is 1. The second kappa shape index (κ2) is 9.63. The van der Waals surface area contributed by atoms with Crippen molar-refractivity contribution in [3.63, 3.8) is 0 Å². The smallest absolute Gasteiger partial charge is 0.302 e. The van der Waals surface area contributed by atoms with E-state index < -0.39 is 6.10 Å². The lowest BCUT2D eigenvalue weighted by Crippen LogP contribution is -2.20. The van der Waals surface area contributed by atoms with Gasteiger partial charge in [-0.3, -0.25) is 4.79 Å². The van der Waals surface area contributed by atoms with Gasteiger partial charge in [0.2, 0.25) is 0 Å². The third kappa shape index (κ3) is 7.32. The molecule has 138 valence electrons. The number of aliphatic hydroxyl groups is 1. The molecule has 0 bridgehead atoms. The van der Waals surface area contributed by atoms with Gasteiger partial charge < -0.3 is 9.84 Å². The van der Waals surface area contributed by atoms with Crippen molar-refractivity contribution in [1.82, 2.24) is 0 Å². The fourth-order valence-corrected chi connectivity index (χ4v) is 3.13. The fourth-order valence-electron chi connectivity index (χ4n) is 3.13. The molecule has 0 aliphatic heterocycles. The summed E-state index contributed by atoms with van der Waals surface area (Å²) in [5.74, 6) is 5.55. The van der Waals surface area contributed by atoms with Gasteiger partial charge in [0.25, 0.3) is 0 Å². The zero-order valence-electron chi connectivity index (χ0n) is 16.5. The van der Waals surface area contributed by atoms with Gasteiger partial charge in [0.1, 0.15) is 12.7 Å². The van der Waals surface area contributed by atoms with Gasteiger partial charge in [-0.1, -0.05) is 42.9 Å². The Labute approximate surface area is 152 Å². The van der Waals surface area contributed by atoms with E-state index in [1.165, 1.54) is 37.3 Å². The molecule has 25 heavy (non-hydrogen) atoms. The van der Waals surface area contributed by atoms with E-state index in [-0.39, 0.29) is 18.0 Å². The Hall–Kier alpha value is -1.79. The maximum atomic E-state index is 10.7. The van der Waals surface area contributed by atoms with Crippen LogP contribution < -0.4 is 0 Å². The highest BCUT2D eigenvalue weighted by Crippen LogP contribution is 2.41. The van der Waals surface area contributed by atoms with Crippen molar-refractivity contribution in [2.24, 2.45) is 5.41 Å². The summed E-state index contributed by atoms with van der Waals surface area (Å²) in [5, 5.41) is 10.1. The van der Waals surface area contributed by atoms with Gasteiger partial charge in [0.15, 0.2) is 0 Å². The summed E-state index contributed by atoms with van der Waals surface area (Å²) in [4.78, 5) is 10.7. The van der Waals surface area contributed by atoms with Crippen LogP contribution in [0.1, 0.15) is 67.2 Å². The maximum Gasteiger partial charge on any atom is 0.302 e. The molecule has 1 rings (SSSR count). The number of carbonyl (C=O) groups is 1. The predicted octanol–water partition coefficient (Wildman–Crippen LogP) is 4.72. The summed E-state index contributed by atoms with van der Waals surface area (Å²) in [5.41, 5.74) is 4.96. The molecule has 0 amide bonds. The molecule has 1 unspecified atom stereocenters. The van der Waals surface area contributed by atoms with Gasteiger partial charge in [-0.2, -0.15) is 0 Å². The lowest BCUT2D eigenvalue weighted by Gasteiger charge is -2.34. The molecule has 1 aliphatic carbocycles. The molecule has 0 fully saturated rings. The monoisotopic (exact) mass is 344 g/mol. The van der Waals surface area contributed by atoms with E-state index in [1.54, 1.807) is 13.0 Å². The van der Waals surface area contributed by atoms with E-state index >= 15 is 0 Å². The zero-order chi connectivity index (χ0) is 19.0. The number of hydrogen-bond donors (Lipinski definition) is 1. The molecule has 0 radical (unpaired) electrons. The number of esters is 1. The van der Waals surface area contributed by atoms with Gasteiger partial charge in [0.05, 0.1) is 0 Å². The number of carbonyl (C=O) groups excluding carboxylic acids is 1. The first-order valence-electron chi connectivity index (χ1n) is 8.99. The van der Waals surface area contributed by atoms with Crippen LogP contribution in [0.2, 0.25) is 0 Å². The average molecular weight is 344 g/mol. The molecule has 0 aromatic carbocycles. The Morgan fingerprint density at radius 3 is 2.60 bits per heavy atom. The van der Waals surface area contributed by atoms with E-state index in [0.717, 1.165) is 12.0 Å². The summed E-state index contributed by atoms with van der Waals surface area (Å²) in [7, 11) is 0. The van der Waals surface area contributed by atoms with Crippen molar-refractivity contribution < 1.29 is 14.6 Å². The van der Waals surface area contributed by atoms with Crippen LogP contribution in [-0.2, 0) is 9.53 Å². The van der Waals surface area contributed by atoms with E-state index in [2.05, 4.69) is 38.7 Å². The molecule has 1 N–H and O–H groups in total. The lowest BCUT2D eigenvalue weighted by atomic mass is 9.71. The van der Waals surface area contributed by atoms with Gasteiger partial charge in [-0.25, -0.2) is 0 Å². The van der Waals surface area contributed by atoms with Crippen molar-refractivity contribution in [1.29, 1.82) is 0 Å². The van der Waals surface area contributed by atoms with Gasteiger partial charge >= 0.3 is 5.97 Å². The molecule has 3 nitrogen and oxygen atoms in total. The molecule has 0 aromatic rings. The van der Waals surface area contributed by atoms with Crippen molar-refractivity contribution >= 4 is 5.97 Å². The highest BCUT2D eigenvalue weighted by Gasteiger charge is 2.27. The van der Waals surface area contributed by atoms with Crippen LogP contribution in [0, 0.1) is 17.3 Å². The molecule has 1 atom stereocenters. The normalized spacial score (nSPS) is 19.2. The van der Waals surface area contributed by atoms with Gasteiger partial charge in [-0.15, -0.1) is 0 Å². The minimum atomic E-state index is -0.842. The van der Waals surface area contributed by atoms with Gasteiger partial charge in [0, 0.05) is 6.92 Å². The minimum Gasteiger partial charge on any atom is -0.462 e. The third-order valence-corrected chi connectivity index (χ3v) is 4.83. The Morgan fingerprint density at radius 1 is 1.32 bits per heavy atom. The predicted molar refractivity (Wildman–Crippen MR) is 103 cm³/mol. The fraction of sp³-hybridized carbons (Fsp3) is 0.591. The summed E-state index contributed by atoms with van der Waals surface area (Å²) >= 11 is 0. The molecule has 1 aliphatic rings.